The first kappa shape index (κ1) is 24.6. The summed E-state index contributed by atoms with van der Waals surface area (Å²) in [5, 5.41) is 9.28. The number of carbonyl (C=O) groups is 3. The molecule has 1 amide bonds. The van der Waals surface area contributed by atoms with Gasteiger partial charge in [-0.3, -0.25) is 9.59 Å². The van der Waals surface area contributed by atoms with Crippen LogP contribution in [0.1, 0.15) is 36.8 Å². The molecule has 0 bridgehead atoms. The summed E-state index contributed by atoms with van der Waals surface area (Å²) < 4.78 is 28.3. The van der Waals surface area contributed by atoms with E-state index in [9.17, 15) is 27.9 Å². The Hall–Kier alpha value is -3.04. The van der Waals surface area contributed by atoms with Crippen LogP contribution in [0.4, 0.5) is 0 Å². The van der Waals surface area contributed by atoms with E-state index in [0.29, 0.717) is 19.4 Å². The van der Waals surface area contributed by atoms with Crippen molar-refractivity contribution in [3.63, 3.8) is 0 Å². The highest BCUT2D eigenvalue weighted by Gasteiger charge is 2.34. The van der Waals surface area contributed by atoms with E-state index in [4.69, 9.17) is 0 Å². The maximum Gasteiger partial charge on any atom is 0.326 e. The van der Waals surface area contributed by atoms with E-state index < -0.39 is 39.8 Å². The Kier molecular flexibility index (Phi) is 7.99. The van der Waals surface area contributed by atoms with E-state index in [2.05, 4.69) is 4.72 Å². The number of likely N-dealkylation sites (tertiary alicyclic amines) is 1. The summed E-state index contributed by atoms with van der Waals surface area (Å²) in [5.74, 6) is -1.89. The third-order valence-electron chi connectivity index (χ3n) is 5.74. The fourth-order valence-corrected chi connectivity index (χ4v) is 5.13. The van der Waals surface area contributed by atoms with Crippen molar-refractivity contribution in [2.45, 2.75) is 56.0 Å². The smallest absolute Gasteiger partial charge is 0.326 e. The minimum Gasteiger partial charge on any atom is -0.480 e. The predicted octanol–water partition coefficient (Wildman–Crippen LogP) is 2.31. The number of ketones is 1. The van der Waals surface area contributed by atoms with Crippen molar-refractivity contribution in [2.24, 2.45) is 0 Å². The molecular weight excluding hydrogens is 444 g/mol. The van der Waals surface area contributed by atoms with Crippen molar-refractivity contribution < 1.29 is 27.9 Å². The number of carboxylic acid groups (broad SMARTS) is 1. The third kappa shape index (κ3) is 6.49. The summed E-state index contributed by atoms with van der Waals surface area (Å²) in [6, 6.07) is 13.4. The molecule has 1 aliphatic heterocycles. The zero-order chi connectivity index (χ0) is 24.0. The van der Waals surface area contributed by atoms with E-state index in [-0.39, 0.29) is 24.2 Å². The van der Waals surface area contributed by atoms with Crippen LogP contribution in [-0.4, -0.2) is 54.7 Å². The van der Waals surface area contributed by atoms with Gasteiger partial charge in [-0.25, -0.2) is 17.9 Å². The van der Waals surface area contributed by atoms with Crippen LogP contribution in [0.15, 0.2) is 59.5 Å². The monoisotopic (exact) mass is 472 g/mol. The number of aryl methyl sites for hydroxylation is 1. The average Bonchev–Trinajstić information content (AvgIpc) is 3.28. The van der Waals surface area contributed by atoms with Gasteiger partial charge in [0, 0.05) is 19.4 Å². The summed E-state index contributed by atoms with van der Waals surface area (Å²) in [4.78, 5) is 38.3. The van der Waals surface area contributed by atoms with Crippen molar-refractivity contribution in [1.82, 2.24) is 9.62 Å². The van der Waals surface area contributed by atoms with Crippen molar-refractivity contribution in [3.8, 4) is 0 Å². The number of nitrogens with one attached hydrogen (secondary N) is 1. The number of benzene rings is 2. The maximum atomic E-state index is 13.0. The fraction of sp³-hybridized carbons (Fsp3) is 0.375. The zero-order valence-electron chi connectivity index (χ0n) is 18.4. The Labute approximate surface area is 193 Å². The molecule has 0 aliphatic carbocycles. The van der Waals surface area contributed by atoms with E-state index in [1.54, 1.807) is 36.4 Å². The lowest BCUT2D eigenvalue weighted by Crippen LogP contribution is -2.43. The average molecular weight is 473 g/mol. The minimum absolute atomic E-state index is 0.0522. The molecule has 33 heavy (non-hydrogen) atoms. The molecule has 1 fully saturated rings. The lowest BCUT2D eigenvalue weighted by molar-refractivity contribution is -0.148. The van der Waals surface area contributed by atoms with Crippen LogP contribution in [0.25, 0.3) is 0 Å². The van der Waals surface area contributed by atoms with Gasteiger partial charge < -0.3 is 10.0 Å². The van der Waals surface area contributed by atoms with E-state index in [0.717, 1.165) is 11.1 Å². The number of rotatable bonds is 10. The first-order valence-corrected chi connectivity index (χ1v) is 12.3. The maximum absolute atomic E-state index is 13.0. The molecule has 0 radical (unpaired) electrons. The fourth-order valence-electron chi connectivity index (χ4n) is 3.91. The SMILES string of the molecule is Cc1ccc(S(=O)(=O)N[C@@H](Cc2ccccc2)C(=O)CCC(=O)N2CCC[C@H]2C(=O)O)cc1. The molecule has 0 unspecified atom stereocenters. The van der Waals surface area contributed by atoms with E-state index in [1.165, 1.54) is 17.0 Å². The summed E-state index contributed by atoms with van der Waals surface area (Å²) in [5.41, 5.74) is 1.69. The van der Waals surface area contributed by atoms with Gasteiger partial charge in [-0.05, 0) is 43.9 Å². The lowest BCUT2D eigenvalue weighted by Gasteiger charge is -2.22. The number of carbonyl (C=O) groups excluding carboxylic acids is 2. The van der Waals surface area contributed by atoms with Gasteiger partial charge in [-0.2, -0.15) is 0 Å². The van der Waals surface area contributed by atoms with Crippen molar-refractivity contribution in [1.29, 1.82) is 0 Å². The van der Waals surface area contributed by atoms with Gasteiger partial charge in [0.25, 0.3) is 0 Å². The Morgan fingerprint density at radius 3 is 2.36 bits per heavy atom. The van der Waals surface area contributed by atoms with Gasteiger partial charge in [0.05, 0.1) is 10.9 Å². The number of nitrogens with zero attached hydrogens (tertiary/aromatic N) is 1. The molecule has 2 N–H and O–H groups in total. The van der Waals surface area contributed by atoms with Gasteiger partial charge in [-0.1, -0.05) is 48.0 Å². The van der Waals surface area contributed by atoms with Crippen LogP contribution < -0.4 is 4.72 Å². The van der Waals surface area contributed by atoms with Crippen LogP contribution in [0.2, 0.25) is 0 Å². The summed E-state index contributed by atoms with van der Waals surface area (Å²) in [7, 11) is -3.96. The second kappa shape index (κ2) is 10.7. The molecule has 2 atom stereocenters. The van der Waals surface area contributed by atoms with Gasteiger partial charge in [0.15, 0.2) is 5.78 Å². The number of sulfonamides is 1. The van der Waals surface area contributed by atoms with Crippen LogP contribution >= 0.6 is 0 Å². The molecular formula is C24H28N2O6S. The highest BCUT2D eigenvalue weighted by Crippen LogP contribution is 2.20. The largest absolute Gasteiger partial charge is 0.480 e. The van der Waals surface area contributed by atoms with Gasteiger partial charge >= 0.3 is 5.97 Å². The molecule has 0 aromatic heterocycles. The number of hydrogen-bond acceptors (Lipinski definition) is 5. The molecule has 0 spiro atoms. The van der Waals surface area contributed by atoms with Crippen LogP contribution in [-0.2, 0) is 30.8 Å². The molecule has 9 heteroatoms. The van der Waals surface area contributed by atoms with Gasteiger partial charge in [-0.15, -0.1) is 0 Å². The number of carboxylic acids is 1. The Morgan fingerprint density at radius 1 is 1.06 bits per heavy atom. The molecule has 8 nitrogen and oxygen atoms in total. The Morgan fingerprint density at radius 2 is 1.73 bits per heavy atom. The normalized spacial score (nSPS) is 17.0. The standard InChI is InChI=1S/C24H28N2O6S/c1-17-9-11-19(12-10-17)33(31,32)25-20(16-18-6-3-2-4-7-18)22(27)13-14-23(28)26-15-5-8-21(26)24(29)30/h2-4,6-7,9-12,20-21,25H,5,8,13-16H2,1H3,(H,29,30)/t20-,21-/m0/s1. The van der Waals surface area contributed by atoms with Crippen LogP contribution in [0.3, 0.4) is 0 Å². The second-order valence-electron chi connectivity index (χ2n) is 8.23. The first-order valence-electron chi connectivity index (χ1n) is 10.9. The molecule has 0 saturated carbocycles. The number of hydrogen-bond donors (Lipinski definition) is 2. The summed E-state index contributed by atoms with van der Waals surface area (Å²) in [6.07, 6.45) is 0.780. The van der Waals surface area contributed by atoms with Gasteiger partial charge in [0.2, 0.25) is 15.9 Å². The predicted molar refractivity (Wildman–Crippen MR) is 122 cm³/mol. The number of Topliss-reactive ketones (excluding diaryl/α,β-unsaturated/α-hetero) is 1. The quantitative estimate of drug-likeness (QED) is 0.547. The molecule has 1 aliphatic rings. The first-order chi connectivity index (χ1) is 15.7. The minimum atomic E-state index is -3.96. The second-order valence-corrected chi connectivity index (χ2v) is 9.94. The highest BCUT2D eigenvalue weighted by atomic mass is 32.2. The highest BCUT2D eigenvalue weighted by molar-refractivity contribution is 7.89. The van der Waals surface area contributed by atoms with E-state index in [1.807, 2.05) is 13.0 Å². The van der Waals surface area contributed by atoms with E-state index >= 15 is 0 Å². The van der Waals surface area contributed by atoms with Crippen molar-refractivity contribution in [3.05, 3.63) is 65.7 Å². The Balaban J connectivity index is 1.73. The lowest BCUT2D eigenvalue weighted by atomic mass is 10.0. The zero-order valence-corrected chi connectivity index (χ0v) is 19.3. The number of aliphatic carboxylic acids is 1. The third-order valence-corrected chi connectivity index (χ3v) is 7.23. The molecule has 2 aromatic rings. The molecule has 1 heterocycles. The Bertz CT molecular complexity index is 1100. The topological polar surface area (TPSA) is 121 Å². The molecule has 176 valence electrons. The molecule has 3 rings (SSSR count). The molecule has 1 saturated heterocycles. The van der Waals surface area contributed by atoms with Crippen LogP contribution in [0, 0.1) is 6.92 Å². The van der Waals surface area contributed by atoms with Crippen molar-refractivity contribution in [2.75, 3.05) is 6.54 Å². The van der Waals surface area contributed by atoms with Gasteiger partial charge in [0.1, 0.15) is 6.04 Å². The number of amides is 1. The summed E-state index contributed by atoms with van der Waals surface area (Å²) in [6.45, 7) is 2.19. The molecule has 2 aromatic carbocycles. The summed E-state index contributed by atoms with van der Waals surface area (Å²) >= 11 is 0. The van der Waals surface area contributed by atoms with Crippen LogP contribution in [0.5, 0.6) is 0 Å². The van der Waals surface area contributed by atoms with Crippen molar-refractivity contribution >= 4 is 27.7 Å².